The summed E-state index contributed by atoms with van der Waals surface area (Å²) in [6.45, 7) is 8.63. The summed E-state index contributed by atoms with van der Waals surface area (Å²) in [4.78, 5) is 0. The van der Waals surface area contributed by atoms with E-state index in [0.29, 0.717) is 6.54 Å². The van der Waals surface area contributed by atoms with Gasteiger partial charge in [-0.15, -0.1) is 0 Å². The van der Waals surface area contributed by atoms with Crippen LogP contribution in [0.1, 0.15) is 34.1 Å². The second-order valence-corrected chi connectivity index (χ2v) is 4.91. The summed E-state index contributed by atoms with van der Waals surface area (Å²) in [7, 11) is 0. The topological polar surface area (TPSA) is 46.2 Å². The van der Waals surface area contributed by atoms with Crippen molar-refractivity contribution < 1.29 is 5.11 Å². The van der Waals surface area contributed by atoms with E-state index < -0.39 is 5.60 Å². The lowest BCUT2D eigenvalue weighted by atomic mass is 9.81. The van der Waals surface area contributed by atoms with Crippen LogP contribution in [0.2, 0.25) is 0 Å². The molecule has 1 fully saturated rings. The first-order valence-electron chi connectivity index (χ1n) is 4.19. The molecule has 2 heteroatoms. The van der Waals surface area contributed by atoms with E-state index in [-0.39, 0.29) is 10.8 Å². The normalized spacial score (nSPS) is 35.5. The molecule has 0 radical (unpaired) electrons. The van der Waals surface area contributed by atoms with E-state index in [1.165, 1.54) is 0 Å². The summed E-state index contributed by atoms with van der Waals surface area (Å²) < 4.78 is 0. The fourth-order valence-electron chi connectivity index (χ4n) is 2.35. The van der Waals surface area contributed by atoms with Crippen LogP contribution >= 0.6 is 0 Å². The molecular weight excluding hydrogens is 138 g/mol. The van der Waals surface area contributed by atoms with Gasteiger partial charge < -0.3 is 10.8 Å². The minimum atomic E-state index is -0.634. The van der Waals surface area contributed by atoms with Gasteiger partial charge in [0.15, 0.2) is 0 Å². The van der Waals surface area contributed by atoms with E-state index in [2.05, 4.69) is 13.8 Å². The van der Waals surface area contributed by atoms with E-state index in [4.69, 9.17) is 5.73 Å². The van der Waals surface area contributed by atoms with Crippen LogP contribution in [0, 0.1) is 10.8 Å². The average Bonchev–Trinajstić information content (AvgIpc) is 2.33. The monoisotopic (exact) mass is 157 g/mol. The molecule has 1 unspecified atom stereocenters. The SMILES string of the molecule is CC(C)(O)C1(CN)CC1(C)C. The van der Waals surface area contributed by atoms with Crippen molar-refractivity contribution in [3.05, 3.63) is 0 Å². The Morgan fingerprint density at radius 1 is 1.45 bits per heavy atom. The molecule has 1 aliphatic carbocycles. The first kappa shape index (κ1) is 9.01. The predicted octanol–water partition coefficient (Wildman–Crippen LogP) is 1.13. The highest BCUT2D eigenvalue weighted by molar-refractivity contribution is 5.17. The van der Waals surface area contributed by atoms with Gasteiger partial charge in [0.1, 0.15) is 0 Å². The summed E-state index contributed by atoms with van der Waals surface area (Å²) in [5, 5.41) is 9.86. The van der Waals surface area contributed by atoms with Gasteiger partial charge in [-0.3, -0.25) is 0 Å². The molecule has 0 aromatic rings. The molecule has 1 saturated carbocycles. The van der Waals surface area contributed by atoms with Gasteiger partial charge >= 0.3 is 0 Å². The average molecular weight is 157 g/mol. The molecule has 0 aromatic heterocycles. The highest BCUT2D eigenvalue weighted by Gasteiger charge is 2.67. The lowest BCUT2D eigenvalue weighted by Gasteiger charge is -2.31. The molecular formula is C9H19NO. The fraction of sp³-hybridized carbons (Fsp3) is 1.00. The molecule has 0 saturated heterocycles. The first-order chi connectivity index (χ1) is 4.77. The zero-order valence-corrected chi connectivity index (χ0v) is 7.94. The number of aliphatic hydroxyl groups is 1. The van der Waals surface area contributed by atoms with E-state index in [1.807, 2.05) is 13.8 Å². The number of nitrogens with two attached hydrogens (primary N) is 1. The number of rotatable bonds is 2. The Morgan fingerprint density at radius 2 is 1.82 bits per heavy atom. The Kier molecular flexibility index (Phi) is 1.63. The van der Waals surface area contributed by atoms with Crippen molar-refractivity contribution >= 4 is 0 Å². The Hall–Kier alpha value is -0.0800. The lowest BCUT2D eigenvalue weighted by molar-refractivity contribution is -0.0111. The van der Waals surface area contributed by atoms with Crippen molar-refractivity contribution in [2.24, 2.45) is 16.6 Å². The molecule has 0 aliphatic heterocycles. The Balaban J connectivity index is 2.84. The molecule has 0 amide bonds. The molecule has 2 nitrogen and oxygen atoms in total. The van der Waals surface area contributed by atoms with Crippen LogP contribution in [0.3, 0.4) is 0 Å². The minimum absolute atomic E-state index is 0.0417. The summed E-state index contributed by atoms with van der Waals surface area (Å²) in [6.07, 6.45) is 1.04. The Labute approximate surface area is 68.8 Å². The number of hydrogen-bond acceptors (Lipinski definition) is 2. The molecule has 0 bridgehead atoms. The quantitative estimate of drug-likeness (QED) is 0.631. The largest absolute Gasteiger partial charge is 0.390 e. The smallest absolute Gasteiger partial charge is 0.0665 e. The lowest BCUT2D eigenvalue weighted by Crippen LogP contribution is -2.41. The van der Waals surface area contributed by atoms with Crippen molar-refractivity contribution in [3.8, 4) is 0 Å². The van der Waals surface area contributed by atoms with Gasteiger partial charge in [0, 0.05) is 12.0 Å². The third-order valence-electron chi connectivity index (χ3n) is 3.43. The van der Waals surface area contributed by atoms with Gasteiger partial charge in [0.05, 0.1) is 5.60 Å². The van der Waals surface area contributed by atoms with Gasteiger partial charge in [-0.25, -0.2) is 0 Å². The van der Waals surface area contributed by atoms with Crippen LogP contribution in [0.4, 0.5) is 0 Å². The van der Waals surface area contributed by atoms with Crippen molar-refractivity contribution in [2.45, 2.75) is 39.7 Å². The van der Waals surface area contributed by atoms with Crippen LogP contribution in [0.25, 0.3) is 0 Å². The molecule has 1 atom stereocenters. The maximum absolute atomic E-state index is 9.86. The zero-order chi connectivity index (χ0) is 8.91. The van der Waals surface area contributed by atoms with E-state index >= 15 is 0 Å². The van der Waals surface area contributed by atoms with Gasteiger partial charge in [0.25, 0.3) is 0 Å². The summed E-state index contributed by atoms with van der Waals surface area (Å²) in [5.74, 6) is 0. The maximum atomic E-state index is 9.86. The second-order valence-electron chi connectivity index (χ2n) is 4.91. The molecule has 0 spiro atoms. The van der Waals surface area contributed by atoms with Crippen LogP contribution in [-0.4, -0.2) is 17.3 Å². The van der Waals surface area contributed by atoms with Gasteiger partial charge in [-0.2, -0.15) is 0 Å². The van der Waals surface area contributed by atoms with Crippen LogP contribution in [0.15, 0.2) is 0 Å². The summed E-state index contributed by atoms with van der Waals surface area (Å²) in [6, 6.07) is 0. The van der Waals surface area contributed by atoms with Crippen LogP contribution in [-0.2, 0) is 0 Å². The van der Waals surface area contributed by atoms with Crippen molar-refractivity contribution in [1.29, 1.82) is 0 Å². The van der Waals surface area contributed by atoms with E-state index in [1.54, 1.807) is 0 Å². The summed E-state index contributed by atoms with van der Waals surface area (Å²) >= 11 is 0. The van der Waals surface area contributed by atoms with Gasteiger partial charge in [0.2, 0.25) is 0 Å². The third kappa shape index (κ3) is 1.00. The van der Waals surface area contributed by atoms with Crippen LogP contribution in [0.5, 0.6) is 0 Å². The Morgan fingerprint density at radius 3 is 1.82 bits per heavy atom. The highest BCUT2D eigenvalue weighted by Crippen LogP contribution is 2.67. The number of hydrogen-bond donors (Lipinski definition) is 2. The van der Waals surface area contributed by atoms with Gasteiger partial charge in [-0.05, 0) is 25.7 Å². The highest BCUT2D eigenvalue weighted by atomic mass is 16.3. The molecule has 11 heavy (non-hydrogen) atoms. The van der Waals surface area contributed by atoms with Crippen molar-refractivity contribution in [3.63, 3.8) is 0 Å². The molecule has 0 heterocycles. The summed E-state index contributed by atoms with van der Waals surface area (Å²) in [5.41, 5.74) is 5.22. The van der Waals surface area contributed by atoms with Crippen molar-refractivity contribution in [2.75, 3.05) is 6.54 Å². The van der Waals surface area contributed by atoms with E-state index in [9.17, 15) is 5.11 Å². The van der Waals surface area contributed by atoms with Crippen LogP contribution < -0.4 is 5.73 Å². The molecule has 1 aliphatic rings. The second kappa shape index (κ2) is 1.99. The molecule has 0 aromatic carbocycles. The predicted molar refractivity (Wildman–Crippen MR) is 46.2 cm³/mol. The minimum Gasteiger partial charge on any atom is -0.390 e. The third-order valence-corrected chi connectivity index (χ3v) is 3.43. The Bertz CT molecular complexity index is 169. The maximum Gasteiger partial charge on any atom is 0.0665 e. The zero-order valence-electron chi connectivity index (χ0n) is 7.94. The molecule has 3 N–H and O–H groups in total. The standard InChI is InChI=1S/C9H19NO/c1-7(2)5-9(7,6-10)8(3,4)11/h11H,5-6,10H2,1-4H3. The fourth-order valence-corrected chi connectivity index (χ4v) is 2.35. The first-order valence-corrected chi connectivity index (χ1v) is 4.19. The van der Waals surface area contributed by atoms with Gasteiger partial charge in [-0.1, -0.05) is 13.8 Å². The molecule has 1 rings (SSSR count). The molecule has 66 valence electrons. The van der Waals surface area contributed by atoms with E-state index in [0.717, 1.165) is 6.42 Å². The van der Waals surface area contributed by atoms with Crippen molar-refractivity contribution in [1.82, 2.24) is 0 Å².